The standard InChI is InChI=1S/C13H23NO3/c1-16-13(15)12-7-2-4-8-14(12)10-11-6-3-5-9-17-11/h11-12H,2-10H2,1H3. The Labute approximate surface area is 103 Å². The minimum absolute atomic E-state index is 0.0423. The Morgan fingerprint density at radius 1 is 1.29 bits per heavy atom. The fourth-order valence-electron chi connectivity index (χ4n) is 2.83. The lowest BCUT2D eigenvalue weighted by molar-refractivity contribution is -0.149. The van der Waals surface area contributed by atoms with Gasteiger partial charge >= 0.3 is 5.97 Å². The van der Waals surface area contributed by atoms with Crippen molar-refractivity contribution in [3.05, 3.63) is 0 Å². The highest BCUT2D eigenvalue weighted by Gasteiger charge is 2.31. The molecular weight excluding hydrogens is 218 g/mol. The molecule has 2 aliphatic rings. The summed E-state index contributed by atoms with van der Waals surface area (Å²) in [5, 5.41) is 0. The molecule has 2 rings (SSSR count). The van der Waals surface area contributed by atoms with Gasteiger partial charge in [-0.3, -0.25) is 9.69 Å². The molecule has 17 heavy (non-hydrogen) atoms. The van der Waals surface area contributed by atoms with Crippen LogP contribution in [0.3, 0.4) is 0 Å². The Morgan fingerprint density at radius 3 is 2.82 bits per heavy atom. The van der Waals surface area contributed by atoms with Gasteiger partial charge < -0.3 is 9.47 Å². The van der Waals surface area contributed by atoms with Crippen molar-refractivity contribution < 1.29 is 14.3 Å². The first-order chi connectivity index (χ1) is 8.31. The highest BCUT2D eigenvalue weighted by molar-refractivity contribution is 5.75. The monoisotopic (exact) mass is 241 g/mol. The molecule has 0 aromatic rings. The van der Waals surface area contributed by atoms with E-state index < -0.39 is 0 Å². The maximum absolute atomic E-state index is 11.7. The van der Waals surface area contributed by atoms with E-state index in [-0.39, 0.29) is 12.0 Å². The van der Waals surface area contributed by atoms with Gasteiger partial charge in [0.25, 0.3) is 0 Å². The number of ether oxygens (including phenoxy) is 2. The predicted molar refractivity (Wildman–Crippen MR) is 64.8 cm³/mol. The number of carbonyl (C=O) groups excluding carboxylic acids is 1. The highest BCUT2D eigenvalue weighted by atomic mass is 16.5. The second-order valence-electron chi connectivity index (χ2n) is 5.02. The van der Waals surface area contributed by atoms with Gasteiger partial charge in [0.1, 0.15) is 6.04 Å². The molecule has 2 atom stereocenters. The number of likely N-dealkylation sites (tertiary alicyclic amines) is 1. The minimum atomic E-state index is -0.0829. The van der Waals surface area contributed by atoms with Gasteiger partial charge in [-0.2, -0.15) is 0 Å². The SMILES string of the molecule is COC(=O)C1CCCCN1CC1CCCCO1. The largest absolute Gasteiger partial charge is 0.468 e. The van der Waals surface area contributed by atoms with Crippen molar-refractivity contribution in [2.45, 2.75) is 50.7 Å². The molecule has 2 saturated heterocycles. The summed E-state index contributed by atoms with van der Waals surface area (Å²) in [4.78, 5) is 14.0. The Balaban J connectivity index is 1.88. The summed E-state index contributed by atoms with van der Waals surface area (Å²) in [7, 11) is 1.48. The lowest BCUT2D eigenvalue weighted by atomic mass is 10.0. The number of piperidine rings is 1. The van der Waals surface area contributed by atoms with Crippen LogP contribution in [-0.4, -0.2) is 49.8 Å². The number of carbonyl (C=O) groups is 1. The molecular formula is C13H23NO3. The maximum atomic E-state index is 11.7. The van der Waals surface area contributed by atoms with E-state index in [1.165, 1.54) is 26.4 Å². The van der Waals surface area contributed by atoms with E-state index in [0.717, 1.165) is 39.0 Å². The molecule has 4 heteroatoms. The molecule has 2 heterocycles. The third kappa shape index (κ3) is 3.42. The summed E-state index contributed by atoms with van der Waals surface area (Å²) < 4.78 is 10.6. The average molecular weight is 241 g/mol. The Kier molecular flexibility index (Phi) is 4.80. The number of esters is 1. The van der Waals surface area contributed by atoms with Crippen LogP contribution in [0.15, 0.2) is 0 Å². The molecule has 0 radical (unpaired) electrons. The number of hydrogen-bond acceptors (Lipinski definition) is 4. The van der Waals surface area contributed by atoms with Crippen molar-refractivity contribution in [3.8, 4) is 0 Å². The predicted octanol–water partition coefficient (Wildman–Crippen LogP) is 1.58. The van der Waals surface area contributed by atoms with Crippen LogP contribution >= 0.6 is 0 Å². The quantitative estimate of drug-likeness (QED) is 0.703. The first-order valence-electron chi connectivity index (χ1n) is 6.74. The second-order valence-corrected chi connectivity index (χ2v) is 5.02. The average Bonchev–Trinajstić information content (AvgIpc) is 2.40. The van der Waals surface area contributed by atoms with Crippen LogP contribution in [0, 0.1) is 0 Å². The lowest BCUT2D eigenvalue weighted by Gasteiger charge is -2.36. The minimum Gasteiger partial charge on any atom is -0.468 e. The van der Waals surface area contributed by atoms with Crippen LogP contribution in [0.4, 0.5) is 0 Å². The molecule has 2 unspecified atom stereocenters. The van der Waals surface area contributed by atoms with Gasteiger partial charge in [-0.25, -0.2) is 0 Å². The van der Waals surface area contributed by atoms with E-state index in [1.54, 1.807) is 0 Å². The molecule has 0 spiro atoms. The third-order valence-electron chi connectivity index (χ3n) is 3.80. The Bertz CT molecular complexity index is 251. The number of nitrogens with zero attached hydrogens (tertiary/aromatic N) is 1. The topological polar surface area (TPSA) is 38.8 Å². The summed E-state index contributed by atoms with van der Waals surface area (Å²) in [5.74, 6) is -0.0829. The Hall–Kier alpha value is -0.610. The molecule has 0 aromatic heterocycles. The van der Waals surface area contributed by atoms with E-state index in [1.807, 2.05) is 0 Å². The van der Waals surface area contributed by atoms with Crippen LogP contribution in [0.2, 0.25) is 0 Å². The molecule has 0 amide bonds. The van der Waals surface area contributed by atoms with Crippen LogP contribution < -0.4 is 0 Å². The molecule has 2 fully saturated rings. The van der Waals surface area contributed by atoms with Gasteiger partial charge in [0.05, 0.1) is 13.2 Å². The maximum Gasteiger partial charge on any atom is 0.323 e. The molecule has 2 aliphatic heterocycles. The first-order valence-corrected chi connectivity index (χ1v) is 6.74. The third-order valence-corrected chi connectivity index (χ3v) is 3.80. The van der Waals surface area contributed by atoms with E-state index in [4.69, 9.17) is 9.47 Å². The van der Waals surface area contributed by atoms with Gasteiger partial charge in [0.15, 0.2) is 0 Å². The smallest absolute Gasteiger partial charge is 0.323 e. The van der Waals surface area contributed by atoms with Crippen LogP contribution in [0.25, 0.3) is 0 Å². The second kappa shape index (κ2) is 6.36. The van der Waals surface area contributed by atoms with Gasteiger partial charge in [-0.15, -0.1) is 0 Å². The van der Waals surface area contributed by atoms with E-state index in [9.17, 15) is 4.79 Å². The molecule has 4 nitrogen and oxygen atoms in total. The van der Waals surface area contributed by atoms with Crippen molar-refractivity contribution in [1.82, 2.24) is 4.90 Å². The first kappa shape index (κ1) is 12.8. The summed E-state index contributed by atoms with van der Waals surface area (Å²) in [6, 6.07) is -0.0423. The normalized spacial score (nSPS) is 31.1. The summed E-state index contributed by atoms with van der Waals surface area (Å²) in [5.41, 5.74) is 0. The van der Waals surface area contributed by atoms with E-state index >= 15 is 0 Å². The van der Waals surface area contributed by atoms with E-state index in [0.29, 0.717) is 6.10 Å². The van der Waals surface area contributed by atoms with Gasteiger partial charge in [-0.1, -0.05) is 6.42 Å². The van der Waals surface area contributed by atoms with Crippen LogP contribution in [0.1, 0.15) is 38.5 Å². The highest BCUT2D eigenvalue weighted by Crippen LogP contribution is 2.21. The lowest BCUT2D eigenvalue weighted by Crippen LogP contribution is -2.49. The van der Waals surface area contributed by atoms with Crippen molar-refractivity contribution in [2.24, 2.45) is 0 Å². The van der Waals surface area contributed by atoms with Crippen molar-refractivity contribution in [3.63, 3.8) is 0 Å². The van der Waals surface area contributed by atoms with Gasteiger partial charge in [0, 0.05) is 13.2 Å². The van der Waals surface area contributed by atoms with Crippen LogP contribution in [-0.2, 0) is 14.3 Å². The van der Waals surface area contributed by atoms with E-state index in [2.05, 4.69) is 4.90 Å². The van der Waals surface area contributed by atoms with Crippen LogP contribution in [0.5, 0.6) is 0 Å². The summed E-state index contributed by atoms with van der Waals surface area (Å²) >= 11 is 0. The molecule has 0 aromatic carbocycles. The van der Waals surface area contributed by atoms with Crippen molar-refractivity contribution in [1.29, 1.82) is 0 Å². The zero-order chi connectivity index (χ0) is 12.1. The van der Waals surface area contributed by atoms with Gasteiger partial charge in [-0.05, 0) is 38.6 Å². The number of hydrogen-bond donors (Lipinski definition) is 0. The summed E-state index contributed by atoms with van der Waals surface area (Å²) in [6.45, 7) is 2.76. The summed E-state index contributed by atoms with van der Waals surface area (Å²) in [6.07, 6.45) is 7.11. The zero-order valence-electron chi connectivity index (χ0n) is 10.7. The fourth-order valence-corrected chi connectivity index (χ4v) is 2.83. The van der Waals surface area contributed by atoms with Gasteiger partial charge in [0.2, 0.25) is 0 Å². The molecule has 0 saturated carbocycles. The number of rotatable bonds is 3. The fraction of sp³-hybridized carbons (Fsp3) is 0.923. The molecule has 0 N–H and O–H groups in total. The molecule has 0 aliphatic carbocycles. The van der Waals surface area contributed by atoms with Crippen molar-refractivity contribution >= 4 is 5.97 Å². The molecule has 0 bridgehead atoms. The molecule has 98 valence electrons. The Morgan fingerprint density at radius 2 is 2.12 bits per heavy atom. The zero-order valence-corrected chi connectivity index (χ0v) is 10.7. The number of methoxy groups -OCH3 is 1. The van der Waals surface area contributed by atoms with Crippen molar-refractivity contribution in [2.75, 3.05) is 26.8 Å².